The van der Waals surface area contributed by atoms with Gasteiger partial charge in [0.15, 0.2) is 0 Å². The highest BCUT2D eigenvalue weighted by atomic mass is 19.1. The molecule has 3 rings (SSSR count). The normalized spacial score (nSPS) is 11.1. The van der Waals surface area contributed by atoms with Crippen molar-refractivity contribution in [2.45, 2.75) is 6.92 Å². The number of fused-ring (bicyclic) bond motifs is 1. The first-order valence-electron chi connectivity index (χ1n) is 5.56. The van der Waals surface area contributed by atoms with Crippen molar-refractivity contribution in [2.24, 2.45) is 0 Å². The maximum atomic E-state index is 13.7. The zero-order valence-corrected chi connectivity index (χ0v) is 9.69. The lowest BCUT2D eigenvalue weighted by molar-refractivity contribution is 0.589. The lowest BCUT2D eigenvalue weighted by Crippen LogP contribution is -1.89. The summed E-state index contributed by atoms with van der Waals surface area (Å²) in [6.07, 6.45) is 1.64. The first-order chi connectivity index (χ1) is 8.66. The zero-order valence-electron chi connectivity index (χ0n) is 9.69. The molecule has 2 nitrogen and oxygen atoms in total. The van der Waals surface area contributed by atoms with E-state index in [2.05, 4.69) is 4.98 Å². The summed E-state index contributed by atoms with van der Waals surface area (Å²) in [7, 11) is 0. The molecule has 2 heterocycles. The summed E-state index contributed by atoms with van der Waals surface area (Å²) in [6, 6.07) is 9.38. The third-order valence-corrected chi connectivity index (χ3v) is 2.91. The summed E-state index contributed by atoms with van der Waals surface area (Å²) in [5, 5.41) is 0. The van der Waals surface area contributed by atoms with Crippen molar-refractivity contribution in [1.82, 2.24) is 9.38 Å². The summed E-state index contributed by atoms with van der Waals surface area (Å²) < 4.78 is 29.2. The maximum absolute atomic E-state index is 13.7. The minimum Gasteiger partial charge on any atom is -0.304 e. The van der Waals surface area contributed by atoms with Crippen LogP contribution in [-0.2, 0) is 0 Å². The van der Waals surface area contributed by atoms with Crippen LogP contribution in [0, 0.1) is 18.6 Å². The molecule has 0 unspecified atom stereocenters. The van der Waals surface area contributed by atoms with E-state index in [0.29, 0.717) is 11.3 Å². The van der Waals surface area contributed by atoms with Crippen LogP contribution < -0.4 is 0 Å². The molecule has 1 aromatic carbocycles. The van der Waals surface area contributed by atoms with Gasteiger partial charge in [-0.05, 0) is 31.2 Å². The number of rotatable bonds is 1. The van der Waals surface area contributed by atoms with Crippen molar-refractivity contribution >= 4 is 5.65 Å². The molecule has 2 aromatic heterocycles. The SMILES string of the molecule is Cc1cccc2nc(-c3c(F)cccc3F)cn12. The van der Waals surface area contributed by atoms with Crippen LogP contribution in [0.1, 0.15) is 5.69 Å². The minimum absolute atomic E-state index is 0.0828. The first kappa shape index (κ1) is 10.9. The monoisotopic (exact) mass is 244 g/mol. The Balaban J connectivity index is 2.30. The zero-order chi connectivity index (χ0) is 12.7. The van der Waals surface area contributed by atoms with Crippen LogP contribution in [0.4, 0.5) is 8.78 Å². The van der Waals surface area contributed by atoms with E-state index in [9.17, 15) is 8.78 Å². The average molecular weight is 244 g/mol. The Kier molecular flexibility index (Phi) is 2.37. The largest absolute Gasteiger partial charge is 0.304 e. The smallest absolute Gasteiger partial charge is 0.137 e. The summed E-state index contributed by atoms with van der Waals surface area (Å²) >= 11 is 0. The number of hydrogen-bond acceptors (Lipinski definition) is 1. The van der Waals surface area contributed by atoms with Gasteiger partial charge in [0.25, 0.3) is 0 Å². The topological polar surface area (TPSA) is 17.3 Å². The molecule has 0 aliphatic rings. The summed E-state index contributed by atoms with van der Waals surface area (Å²) in [5.74, 6) is -1.20. The number of nitrogens with zero attached hydrogens (tertiary/aromatic N) is 2. The van der Waals surface area contributed by atoms with Gasteiger partial charge in [0, 0.05) is 11.9 Å². The second-order valence-electron chi connectivity index (χ2n) is 4.12. The van der Waals surface area contributed by atoms with E-state index in [1.54, 1.807) is 16.7 Å². The number of benzene rings is 1. The molecular formula is C14H10F2N2. The fraction of sp³-hybridized carbons (Fsp3) is 0.0714. The number of aromatic nitrogens is 2. The molecule has 0 radical (unpaired) electrons. The van der Waals surface area contributed by atoms with Gasteiger partial charge in [-0.25, -0.2) is 13.8 Å². The molecule has 0 fully saturated rings. The molecule has 0 N–H and O–H groups in total. The van der Waals surface area contributed by atoms with Crippen molar-refractivity contribution in [3.05, 3.63) is 59.9 Å². The lowest BCUT2D eigenvalue weighted by Gasteiger charge is -2.00. The standard InChI is InChI=1S/C14H10F2N2/c1-9-4-2-7-13-17-12(8-18(9)13)14-10(15)5-3-6-11(14)16/h2-8H,1H3. The number of halogens is 2. The van der Waals surface area contributed by atoms with E-state index in [1.165, 1.54) is 18.2 Å². The van der Waals surface area contributed by atoms with E-state index in [1.807, 2.05) is 19.1 Å². The second-order valence-corrected chi connectivity index (χ2v) is 4.12. The van der Waals surface area contributed by atoms with Crippen LogP contribution in [-0.4, -0.2) is 9.38 Å². The Hall–Kier alpha value is -2.23. The summed E-state index contributed by atoms with van der Waals surface area (Å²) in [6.45, 7) is 1.91. The highest BCUT2D eigenvalue weighted by Gasteiger charge is 2.14. The van der Waals surface area contributed by atoms with Crippen molar-refractivity contribution in [3.8, 4) is 11.3 Å². The molecule has 90 valence electrons. The summed E-state index contributed by atoms with van der Waals surface area (Å²) in [4.78, 5) is 4.25. The maximum Gasteiger partial charge on any atom is 0.137 e. The van der Waals surface area contributed by atoms with E-state index in [4.69, 9.17) is 0 Å². The van der Waals surface area contributed by atoms with Crippen molar-refractivity contribution in [2.75, 3.05) is 0 Å². The van der Waals surface area contributed by atoms with Crippen LogP contribution in [0.25, 0.3) is 16.9 Å². The molecule has 0 spiro atoms. The van der Waals surface area contributed by atoms with Crippen LogP contribution in [0.2, 0.25) is 0 Å². The third-order valence-electron chi connectivity index (χ3n) is 2.91. The molecular weight excluding hydrogens is 234 g/mol. The van der Waals surface area contributed by atoms with Gasteiger partial charge in [0.2, 0.25) is 0 Å². The lowest BCUT2D eigenvalue weighted by atomic mass is 10.1. The molecule has 0 aliphatic carbocycles. The van der Waals surface area contributed by atoms with E-state index in [0.717, 1.165) is 5.69 Å². The van der Waals surface area contributed by atoms with Gasteiger partial charge in [-0.2, -0.15) is 0 Å². The predicted molar refractivity (Wildman–Crippen MR) is 65.3 cm³/mol. The molecule has 0 aliphatic heterocycles. The van der Waals surface area contributed by atoms with Crippen molar-refractivity contribution in [3.63, 3.8) is 0 Å². The Labute approximate surface area is 103 Å². The van der Waals surface area contributed by atoms with Gasteiger partial charge in [-0.15, -0.1) is 0 Å². The minimum atomic E-state index is -0.601. The van der Waals surface area contributed by atoms with E-state index in [-0.39, 0.29) is 5.56 Å². The number of pyridine rings is 1. The Morgan fingerprint density at radius 1 is 1.00 bits per heavy atom. The Morgan fingerprint density at radius 3 is 2.33 bits per heavy atom. The van der Waals surface area contributed by atoms with Crippen LogP contribution >= 0.6 is 0 Å². The molecule has 0 bridgehead atoms. The molecule has 0 atom stereocenters. The van der Waals surface area contributed by atoms with Gasteiger partial charge in [-0.3, -0.25) is 0 Å². The van der Waals surface area contributed by atoms with Gasteiger partial charge >= 0.3 is 0 Å². The molecule has 4 heteroatoms. The Bertz CT molecular complexity index is 711. The quantitative estimate of drug-likeness (QED) is 0.639. The number of aryl methyl sites for hydroxylation is 1. The molecule has 0 saturated heterocycles. The van der Waals surface area contributed by atoms with Crippen LogP contribution in [0.5, 0.6) is 0 Å². The van der Waals surface area contributed by atoms with Gasteiger partial charge in [-0.1, -0.05) is 12.1 Å². The van der Waals surface area contributed by atoms with E-state index >= 15 is 0 Å². The molecule has 0 amide bonds. The van der Waals surface area contributed by atoms with E-state index < -0.39 is 11.6 Å². The fourth-order valence-electron chi connectivity index (χ4n) is 2.01. The van der Waals surface area contributed by atoms with Crippen LogP contribution in [0.15, 0.2) is 42.6 Å². The summed E-state index contributed by atoms with van der Waals surface area (Å²) in [5.41, 5.74) is 1.86. The second kappa shape index (κ2) is 3.91. The van der Waals surface area contributed by atoms with Crippen molar-refractivity contribution < 1.29 is 8.78 Å². The molecule has 0 saturated carbocycles. The first-order valence-corrected chi connectivity index (χ1v) is 5.56. The fourth-order valence-corrected chi connectivity index (χ4v) is 2.01. The van der Waals surface area contributed by atoms with Crippen LogP contribution in [0.3, 0.4) is 0 Å². The highest BCUT2D eigenvalue weighted by molar-refractivity contribution is 5.64. The van der Waals surface area contributed by atoms with Gasteiger partial charge < -0.3 is 4.40 Å². The predicted octanol–water partition coefficient (Wildman–Crippen LogP) is 3.59. The van der Waals surface area contributed by atoms with Crippen molar-refractivity contribution in [1.29, 1.82) is 0 Å². The molecule has 3 aromatic rings. The van der Waals surface area contributed by atoms with Gasteiger partial charge in [0.05, 0.1) is 11.3 Å². The van der Waals surface area contributed by atoms with Gasteiger partial charge in [0.1, 0.15) is 17.3 Å². The molecule has 18 heavy (non-hydrogen) atoms. The number of hydrogen-bond donors (Lipinski definition) is 0. The highest BCUT2D eigenvalue weighted by Crippen LogP contribution is 2.25. The number of imidazole rings is 1. The Morgan fingerprint density at radius 2 is 1.67 bits per heavy atom. The third kappa shape index (κ3) is 1.57. The average Bonchev–Trinajstić information content (AvgIpc) is 2.74.